The Morgan fingerprint density at radius 1 is 1.46 bits per heavy atom. The van der Waals surface area contributed by atoms with Gasteiger partial charge in [-0.3, -0.25) is 4.79 Å². The average molecular weight is 262 g/mol. The molecule has 0 atom stereocenters. The number of Topliss-reactive ketones (excluding diaryl/α,β-unsaturated/α-hetero) is 1. The van der Waals surface area contributed by atoms with Crippen LogP contribution < -0.4 is 0 Å². The van der Waals surface area contributed by atoms with Crippen molar-refractivity contribution in [1.29, 1.82) is 0 Å². The molecule has 0 saturated heterocycles. The zero-order valence-corrected chi connectivity index (χ0v) is 9.82. The summed E-state index contributed by atoms with van der Waals surface area (Å²) < 4.78 is 0.763. The molecule has 0 aliphatic carbocycles. The van der Waals surface area contributed by atoms with Crippen LogP contribution in [0.15, 0.2) is 22.7 Å². The van der Waals surface area contributed by atoms with Gasteiger partial charge in [0, 0.05) is 21.0 Å². The van der Waals surface area contributed by atoms with Gasteiger partial charge in [-0.25, -0.2) is 0 Å². The highest BCUT2D eigenvalue weighted by molar-refractivity contribution is 9.10. The molecule has 70 valence electrons. The maximum Gasteiger partial charge on any atom is 0.166 e. The van der Waals surface area contributed by atoms with Gasteiger partial charge in [0.1, 0.15) is 0 Å². The van der Waals surface area contributed by atoms with E-state index in [0.29, 0.717) is 10.6 Å². The van der Waals surface area contributed by atoms with Crippen molar-refractivity contribution in [1.82, 2.24) is 0 Å². The summed E-state index contributed by atoms with van der Waals surface area (Å²) >= 11 is 9.07. The van der Waals surface area contributed by atoms with Gasteiger partial charge >= 0.3 is 0 Å². The molecular formula is C10H10BrClO. The Labute approximate surface area is 91.2 Å². The number of carbonyl (C=O) groups is 1. The summed E-state index contributed by atoms with van der Waals surface area (Å²) in [5, 5.41) is 0.632. The zero-order chi connectivity index (χ0) is 10.0. The minimum absolute atomic E-state index is 0.0116. The predicted molar refractivity (Wildman–Crippen MR) is 58.3 cm³/mol. The summed E-state index contributed by atoms with van der Waals surface area (Å²) in [6.07, 6.45) is 0. The first-order valence-electron chi connectivity index (χ1n) is 4.01. The molecule has 1 aromatic rings. The summed E-state index contributed by atoms with van der Waals surface area (Å²) in [5.74, 6) is 0.140. The van der Waals surface area contributed by atoms with Crippen LogP contribution in [0.2, 0.25) is 5.02 Å². The van der Waals surface area contributed by atoms with Crippen LogP contribution in [0.1, 0.15) is 24.2 Å². The second-order valence-corrected chi connectivity index (χ2v) is 4.43. The van der Waals surface area contributed by atoms with E-state index in [4.69, 9.17) is 11.6 Å². The molecule has 0 amide bonds. The lowest BCUT2D eigenvalue weighted by atomic mass is 10.0. The predicted octanol–water partition coefficient (Wildman–Crippen LogP) is 3.94. The van der Waals surface area contributed by atoms with Gasteiger partial charge in [0.25, 0.3) is 0 Å². The van der Waals surface area contributed by atoms with E-state index in [1.165, 1.54) is 0 Å². The van der Waals surface area contributed by atoms with E-state index in [1.54, 1.807) is 18.2 Å². The standard InChI is InChI=1S/C10H10BrClO/c1-6(2)10(13)8-4-3-7(12)5-9(8)11/h3-6H,1-2H3. The number of benzene rings is 1. The summed E-state index contributed by atoms with van der Waals surface area (Å²) in [6, 6.07) is 5.20. The molecule has 0 aliphatic heterocycles. The smallest absolute Gasteiger partial charge is 0.166 e. The Kier molecular flexibility index (Phi) is 3.51. The van der Waals surface area contributed by atoms with Crippen LogP contribution in [-0.4, -0.2) is 5.78 Å². The Hall–Kier alpha value is -0.340. The first-order chi connectivity index (χ1) is 6.02. The number of carbonyl (C=O) groups excluding carboxylic acids is 1. The Bertz CT molecular complexity index is 334. The number of hydrogen-bond acceptors (Lipinski definition) is 1. The molecule has 1 nitrogen and oxygen atoms in total. The Morgan fingerprint density at radius 2 is 2.08 bits per heavy atom. The van der Waals surface area contributed by atoms with Crippen LogP contribution in [0.5, 0.6) is 0 Å². The molecular weight excluding hydrogens is 251 g/mol. The van der Waals surface area contributed by atoms with Gasteiger partial charge in [-0.1, -0.05) is 25.4 Å². The van der Waals surface area contributed by atoms with Crippen molar-refractivity contribution in [2.45, 2.75) is 13.8 Å². The first-order valence-corrected chi connectivity index (χ1v) is 5.18. The molecule has 1 aromatic carbocycles. The van der Waals surface area contributed by atoms with Gasteiger partial charge in [-0.2, -0.15) is 0 Å². The van der Waals surface area contributed by atoms with Crippen LogP contribution >= 0.6 is 27.5 Å². The molecule has 3 heteroatoms. The topological polar surface area (TPSA) is 17.1 Å². The van der Waals surface area contributed by atoms with Crippen molar-refractivity contribution in [2.75, 3.05) is 0 Å². The maximum absolute atomic E-state index is 11.6. The fraction of sp³-hybridized carbons (Fsp3) is 0.300. The third-order valence-electron chi connectivity index (χ3n) is 1.72. The molecule has 0 N–H and O–H groups in total. The Balaban J connectivity index is 3.09. The number of rotatable bonds is 2. The highest BCUT2D eigenvalue weighted by Crippen LogP contribution is 2.23. The average Bonchev–Trinajstić information content (AvgIpc) is 2.03. The maximum atomic E-state index is 11.6. The van der Waals surface area contributed by atoms with Crippen LogP contribution in [0.3, 0.4) is 0 Å². The lowest BCUT2D eigenvalue weighted by molar-refractivity contribution is 0.0938. The third-order valence-corrected chi connectivity index (χ3v) is 2.61. The van der Waals surface area contributed by atoms with Gasteiger partial charge in [0.05, 0.1) is 0 Å². The van der Waals surface area contributed by atoms with Gasteiger partial charge in [-0.05, 0) is 34.1 Å². The molecule has 0 fully saturated rings. The summed E-state index contributed by atoms with van der Waals surface area (Å²) in [7, 11) is 0. The minimum atomic E-state index is 0.0116. The second kappa shape index (κ2) is 4.25. The lowest BCUT2D eigenvalue weighted by Crippen LogP contribution is -2.07. The third kappa shape index (κ3) is 2.55. The quantitative estimate of drug-likeness (QED) is 0.737. The fourth-order valence-electron chi connectivity index (χ4n) is 1.00. The normalized spacial score (nSPS) is 10.5. The van der Waals surface area contributed by atoms with Gasteiger partial charge in [-0.15, -0.1) is 0 Å². The van der Waals surface area contributed by atoms with Gasteiger partial charge in [0.15, 0.2) is 5.78 Å². The van der Waals surface area contributed by atoms with Crippen molar-refractivity contribution < 1.29 is 4.79 Å². The fourth-order valence-corrected chi connectivity index (χ4v) is 1.88. The first kappa shape index (κ1) is 10.7. The molecule has 0 saturated carbocycles. The van der Waals surface area contributed by atoms with E-state index < -0.39 is 0 Å². The molecule has 0 radical (unpaired) electrons. The van der Waals surface area contributed by atoms with Crippen molar-refractivity contribution >= 4 is 33.3 Å². The second-order valence-electron chi connectivity index (χ2n) is 3.14. The molecule has 13 heavy (non-hydrogen) atoms. The minimum Gasteiger partial charge on any atom is -0.294 e. The van der Waals surface area contributed by atoms with E-state index in [9.17, 15) is 4.79 Å². The van der Waals surface area contributed by atoms with E-state index in [-0.39, 0.29) is 11.7 Å². The van der Waals surface area contributed by atoms with E-state index >= 15 is 0 Å². The van der Waals surface area contributed by atoms with Crippen LogP contribution in [0, 0.1) is 5.92 Å². The summed E-state index contributed by atoms with van der Waals surface area (Å²) in [5.41, 5.74) is 0.694. The van der Waals surface area contributed by atoms with Crippen LogP contribution in [-0.2, 0) is 0 Å². The van der Waals surface area contributed by atoms with Crippen molar-refractivity contribution in [3.05, 3.63) is 33.3 Å². The van der Waals surface area contributed by atoms with E-state index in [1.807, 2.05) is 13.8 Å². The molecule has 0 heterocycles. The van der Waals surface area contributed by atoms with Gasteiger partial charge in [0.2, 0.25) is 0 Å². The largest absolute Gasteiger partial charge is 0.294 e. The van der Waals surface area contributed by atoms with Crippen LogP contribution in [0.4, 0.5) is 0 Å². The molecule has 0 aromatic heterocycles. The van der Waals surface area contributed by atoms with E-state index in [0.717, 1.165) is 4.47 Å². The Morgan fingerprint density at radius 3 is 2.54 bits per heavy atom. The van der Waals surface area contributed by atoms with Gasteiger partial charge < -0.3 is 0 Å². The molecule has 0 spiro atoms. The van der Waals surface area contributed by atoms with Crippen molar-refractivity contribution in [3.63, 3.8) is 0 Å². The lowest BCUT2D eigenvalue weighted by Gasteiger charge is -2.06. The molecule has 0 unspecified atom stereocenters. The number of ketones is 1. The number of hydrogen-bond donors (Lipinski definition) is 0. The monoisotopic (exact) mass is 260 g/mol. The van der Waals surface area contributed by atoms with E-state index in [2.05, 4.69) is 15.9 Å². The highest BCUT2D eigenvalue weighted by Gasteiger charge is 2.13. The summed E-state index contributed by atoms with van der Waals surface area (Å²) in [6.45, 7) is 3.76. The van der Waals surface area contributed by atoms with Crippen molar-refractivity contribution in [2.24, 2.45) is 5.92 Å². The summed E-state index contributed by atoms with van der Waals surface area (Å²) in [4.78, 5) is 11.6. The zero-order valence-electron chi connectivity index (χ0n) is 7.47. The highest BCUT2D eigenvalue weighted by atomic mass is 79.9. The molecule has 1 rings (SSSR count). The van der Waals surface area contributed by atoms with Crippen LogP contribution in [0.25, 0.3) is 0 Å². The molecule has 0 aliphatic rings. The number of halogens is 2. The van der Waals surface area contributed by atoms with Crippen molar-refractivity contribution in [3.8, 4) is 0 Å². The molecule has 0 bridgehead atoms. The SMILES string of the molecule is CC(C)C(=O)c1ccc(Cl)cc1Br.